The van der Waals surface area contributed by atoms with E-state index in [1.54, 1.807) is 0 Å². The first-order valence-electron chi connectivity index (χ1n) is 7.70. The summed E-state index contributed by atoms with van der Waals surface area (Å²) in [6, 6.07) is 10.3. The summed E-state index contributed by atoms with van der Waals surface area (Å²) in [4.78, 5) is 8.00. The minimum atomic E-state index is -0.340. The Morgan fingerprint density at radius 3 is 2.86 bits per heavy atom. The Morgan fingerprint density at radius 2 is 2.09 bits per heavy atom. The molecule has 2 atom stereocenters. The molecule has 0 radical (unpaired) electrons. The topological polar surface area (TPSA) is 47.0 Å². The van der Waals surface area contributed by atoms with E-state index >= 15 is 0 Å². The van der Waals surface area contributed by atoms with Gasteiger partial charge in [-0.25, -0.2) is 14.4 Å². The van der Waals surface area contributed by atoms with Gasteiger partial charge < -0.3 is 10.1 Å². The molecule has 3 rings (SSSR count). The SMILES string of the molecule is CCc1ncnc(N[C@@H]2CCO[C@@H](c3ccccc3)C2)c1F. The first-order chi connectivity index (χ1) is 10.8. The van der Waals surface area contributed by atoms with Gasteiger partial charge in [-0.05, 0) is 24.8 Å². The van der Waals surface area contributed by atoms with Gasteiger partial charge in [-0.2, -0.15) is 0 Å². The zero-order valence-corrected chi connectivity index (χ0v) is 12.6. The minimum absolute atomic E-state index is 0.0444. The predicted octanol–water partition coefficient (Wildman–Crippen LogP) is 3.51. The third-order valence-electron chi connectivity index (χ3n) is 3.99. The normalized spacial score (nSPS) is 21.5. The summed E-state index contributed by atoms with van der Waals surface area (Å²) in [6.07, 6.45) is 3.66. The van der Waals surface area contributed by atoms with Crippen molar-refractivity contribution in [2.45, 2.75) is 38.3 Å². The van der Waals surface area contributed by atoms with Crippen LogP contribution < -0.4 is 5.32 Å². The number of rotatable bonds is 4. The fourth-order valence-corrected chi connectivity index (χ4v) is 2.77. The van der Waals surface area contributed by atoms with Crippen molar-refractivity contribution in [1.29, 1.82) is 0 Å². The molecule has 1 fully saturated rings. The van der Waals surface area contributed by atoms with Crippen LogP contribution in [-0.4, -0.2) is 22.6 Å². The second-order valence-corrected chi connectivity index (χ2v) is 5.47. The van der Waals surface area contributed by atoms with Gasteiger partial charge in [-0.1, -0.05) is 37.3 Å². The summed E-state index contributed by atoms with van der Waals surface area (Å²) in [6.45, 7) is 2.54. The van der Waals surface area contributed by atoms with Gasteiger partial charge in [0, 0.05) is 12.6 Å². The van der Waals surface area contributed by atoms with Crippen molar-refractivity contribution in [3.8, 4) is 0 Å². The molecule has 1 aromatic heterocycles. The molecule has 2 heterocycles. The molecule has 0 amide bonds. The van der Waals surface area contributed by atoms with Crippen LogP contribution in [0.5, 0.6) is 0 Å². The molecular formula is C17H20FN3O. The van der Waals surface area contributed by atoms with Gasteiger partial charge in [0.2, 0.25) is 0 Å². The molecular weight excluding hydrogens is 281 g/mol. The van der Waals surface area contributed by atoms with E-state index in [4.69, 9.17) is 4.74 Å². The molecule has 0 saturated carbocycles. The van der Waals surface area contributed by atoms with Gasteiger partial charge in [0.1, 0.15) is 6.33 Å². The first kappa shape index (κ1) is 14.9. The van der Waals surface area contributed by atoms with E-state index in [0.717, 1.165) is 18.4 Å². The monoisotopic (exact) mass is 301 g/mol. The van der Waals surface area contributed by atoms with E-state index in [1.165, 1.54) is 6.33 Å². The molecule has 4 nitrogen and oxygen atoms in total. The number of hydrogen-bond acceptors (Lipinski definition) is 4. The molecule has 2 aromatic rings. The quantitative estimate of drug-likeness (QED) is 0.938. The second-order valence-electron chi connectivity index (χ2n) is 5.47. The van der Waals surface area contributed by atoms with Gasteiger partial charge in [-0.15, -0.1) is 0 Å². The van der Waals surface area contributed by atoms with Crippen molar-refractivity contribution < 1.29 is 9.13 Å². The molecule has 0 aliphatic carbocycles. The molecule has 0 spiro atoms. The maximum absolute atomic E-state index is 14.2. The lowest BCUT2D eigenvalue weighted by molar-refractivity contribution is 0.00969. The van der Waals surface area contributed by atoms with Gasteiger partial charge in [-0.3, -0.25) is 0 Å². The lowest BCUT2D eigenvalue weighted by atomic mass is 9.97. The molecule has 116 valence electrons. The van der Waals surface area contributed by atoms with Gasteiger partial charge in [0.05, 0.1) is 11.8 Å². The Bertz CT molecular complexity index is 621. The maximum Gasteiger partial charge on any atom is 0.186 e. The summed E-state index contributed by atoms with van der Waals surface area (Å²) in [5, 5.41) is 3.22. The molecule has 0 bridgehead atoms. The van der Waals surface area contributed by atoms with E-state index in [-0.39, 0.29) is 18.0 Å². The first-order valence-corrected chi connectivity index (χ1v) is 7.70. The van der Waals surface area contributed by atoms with E-state index in [9.17, 15) is 4.39 Å². The van der Waals surface area contributed by atoms with Crippen molar-refractivity contribution in [3.63, 3.8) is 0 Å². The summed E-state index contributed by atoms with van der Waals surface area (Å²) in [7, 11) is 0. The largest absolute Gasteiger partial charge is 0.373 e. The van der Waals surface area contributed by atoms with Crippen molar-refractivity contribution >= 4 is 5.82 Å². The summed E-state index contributed by atoms with van der Waals surface area (Å²) < 4.78 is 20.1. The molecule has 1 aromatic carbocycles. The lowest BCUT2D eigenvalue weighted by Gasteiger charge is -2.30. The van der Waals surface area contributed by atoms with Crippen molar-refractivity contribution in [2.24, 2.45) is 0 Å². The summed E-state index contributed by atoms with van der Waals surface area (Å²) in [5.41, 5.74) is 1.61. The zero-order valence-electron chi connectivity index (χ0n) is 12.6. The average molecular weight is 301 g/mol. The van der Waals surface area contributed by atoms with Crippen LogP contribution in [0.4, 0.5) is 10.2 Å². The highest BCUT2D eigenvalue weighted by Gasteiger charge is 2.25. The van der Waals surface area contributed by atoms with Crippen LogP contribution in [0, 0.1) is 5.82 Å². The molecule has 0 unspecified atom stereocenters. The van der Waals surface area contributed by atoms with Gasteiger partial charge in [0.15, 0.2) is 11.6 Å². The van der Waals surface area contributed by atoms with E-state index < -0.39 is 0 Å². The van der Waals surface area contributed by atoms with Crippen LogP contribution in [0.2, 0.25) is 0 Å². The van der Waals surface area contributed by atoms with Crippen LogP contribution >= 0.6 is 0 Å². The second kappa shape index (κ2) is 6.83. The third kappa shape index (κ3) is 3.25. The van der Waals surface area contributed by atoms with E-state index in [1.807, 2.05) is 25.1 Å². The Morgan fingerprint density at radius 1 is 1.27 bits per heavy atom. The van der Waals surface area contributed by atoms with Crippen molar-refractivity contribution in [2.75, 3.05) is 11.9 Å². The van der Waals surface area contributed by atoms with Gasteiger partial charge >= 0.3 is 0 Å². The van der Waals surface area contributed by atoms with E-state index in [0.29, 0.717) is 24.5 Å². The average Bonchev–Trinajstić information content (AvgIpc) is 2.58. The number of nitrogens with one attached hydrogen (secondary N) is 1. The third-order valence-corrected chi connectivity index (χ3v) is 3.99. The lowest BCUT2D eigenvalue weighted by Crippen LogP contribution is -2.31. The Kier molecular flexibility index (Phi) is 4.63. The van der Waals surface area contributed by atoms with Gasteiger partial charge in [0.25, 0.3) is 0 Å². The number of anilines is 1. The number of nitrogens with zero attached hydrogens (tertiary/aromatic N) is 2. The van der Waals surface area contributed by atoms with Crippen LogP contribution in [-0.2, 0) is 11.2 Å². The van der Waals surface area contributed by atoms with E-state index in [2.05, 4.69) is 27.4 Å². The highest BCUT2D eigenvalue weighted by molar-refractivity contribution is 5.38. The Labute approximate surface area is 129 Å². The smallest absolute Gasteiger partial charge is 0.186 e. The summed E-state index contributed by atoms with van der Waals surface area (Å²) >= 11 is 0. The number of hydrogen-bond donors (Lipinski definition) is 1. The predicted molar refractivity (Wildman–Crippen MR) is 83.1 cm³/mol. The fourth-order valence-electron chi connectivity index (χ4n) is 2.77. The Balaban J connectivity index is 1.71. The van der Waals surface area contributed by atoms with Crippen LogP contribution in [0.15, 0.2) is 36.7 Å². The number of ether oxygens (including phenoxy) is 1. The maximum atomic E-state index is 14.2. The number of benzene rings is 1. The summed E-state index contributed by atoms with van der Waals surface area (Å²) in [5.74, 6) is -0.0432. The van der Waals surface area contributed by atoms with Crippen LogP contribution in [0.25, 0.3) is 0 Å². The fraction of sp³-hybridized carbons (Fsp3) is 0.412. The van der Waals surface area contributed by atoms with Crippen LogP contribution in [0.1, 0.15) is 37.1 Å². The van der Waals surface area contributed by atoms with Crippen molar-refractivity contribution in [3.05, 3.63) is 53.7 Å². The van der Waals surface area contributed by atoms with Crippen molar-refractivity contribution in [1.82, 2.24) is 9.97 Å². The number of halogens is 1. The molecule has 1 saturated heterocycles. The highest BCUT2D eigenvalue weighted by Crippen LogP contribution is 2.29. The zero-order chi connectivity index (χ0) is 15.4. The standard InChI is InChI=1S/C17H20FN3O/c1-2-14-16(18)17(20-11-19-14)21-13-8-9-22-15(10-13)12-6-4-3-5-7-12/h3-7,11,13,15H,2,8-10H2,1H3,(H,19,20,21)/t13-,15-/m1/s1. The number of aryl methyl sites for hydroxylation is 1. The highest BCUT2D eigenvalue weighted by atomic mass is 19.1. The number of aromatic nitrogens is 2. The molecule has 1 N–H and O–H groups in total. The Hall–Kier alpha value is -2.01. The minimum Gasteiger partial charge on any atom is -0.373 e. The molecule has 1 aliphatic rings. The molecule has 22 heavy (non-hydrogen) atoms. The molecule has 1 aliphatic heterocycles. The molecule has 5 heteroatoms. The van der Waals surface area contributed by atoms with Crippen LogP contribution in [0.3, 0.4) is 0 Å².